The van der Waals surface area contributed by atoms with E-state index < -0.39 is 0 Å². The molecule has 1 unspecified atom stereocenters. The van der Waals surface area contributed by atoms with Gasteiger partial charge in [0.05, 0.1) is 18.5 Å². The fourth-order valence-corrected chi connectivity index (χ4v) is 3.56. The third-order valence-corrected chi connectivity index (χ3v) is 4.66. The summed E-state index contributed by atoms with van der Waals surface area (Å²) in [6.07, 6.45) is -0.160. The van der Waals surface area contributed by atoms with Crippen LogP contribution in [-0.2, 0) is 0 Å². The van der Waals surface area contributed by atoms with Crippen LogP contribution in [0.3, 0.4) is 0 Å². The number of fused-ring (bicyclic) bond motifs is 3. The average molecular weight is 335 g/mol. The Hall–Kier alpha value is -2.95. The molecule has 0 saturated carbocycles. The van der Waals surface area contributed by atoms with Gasteiger partial charge in [0.25, 0.3) is 0 Å². The fraction of sp³-hybridized carbons (Fsp3) is 0.250. The minimum atomic E-state index is -0.160. The molecule has 5 nitrogen and oxygen atoms in total. The number of phenolic OH excluding ortho intramolecular Hbond substituents is 1. The van der Waals surface area contributed by atoms with E-state index in [1.807, 2.05) is 23.7 Å². The van der Waals surface area contributed by atoms with Crippen LogP contribution < -0.4 is 10.1 Å². The van der Waals surface area contributed by atoms with E-state index in [1.165, 1.54) is 16.7 Å². The summed E-state index contributed by atoms with van der Waals surface area (Å²) in [4.78, 5) is 0. The van der Waals surface area contributed by atoms with Crippen molar-refractivity contribution in [3.05, 3.63) is 58.8 Å². The molecule has 2 aromatic carbocycles. The number of aromatic nitrogens is 2. The summed E-state index contributed by atoms with van der Waals surface area (Å²) in [6, 6.07) is 11.9. The number of hydrogen-bond acceptors (Lipinski definition) is 4. The molecule has 0 spiro atoms. The van der Waals surface area contributed by atoms with Gasteiger partial charge in [-0.15, -0.1) is 0 Å². The number of aromatic hydroxyl groups is 1. The summed E-state index contributed by atoms with van der Waals surface area (Å²) >= 11 is 0. The molecule has 1 aliphatic rings. The highest BCUT2D eigenvalue weighted by atomic mass is 16.5. The highest BCUT2D eigenvalue weighted by Gasteiger charge is 2.28. The van der Waals surface area contributed by atoms with Crippen LogP contribution in [0.15, 0.2) is 36.4 Å². The van der Waals surface area contributed by atoms with Crippen LogP contribution in [0.25, 0.3) is 11.3 Å². The van der Waals surface area contributed by atoms with Crippen LogP contribution in [0.2, 0.25) is 0 Å². The molecular weight excluding hydrogens is 314 g/mol. The Labute approximate surface area is 146 Å². The third-order valence-electron chi connectivity index (χ3n) is 4.66. The number of anilines is 1. The molecule has 0 radical (unpaired) electrons. The van der Waals surface area contributed by atoms with Gasteiger partial charge in [-0.3, -0.25) is 0 Å². The second-order valence-electron chi connectivity index (χ2n) is 6.60. The second kappa shape index (κ2) is 5.55. The SMILES string of the molecule is COc1cc(C2Nc3c(C)cc(C)cc3-c3cc(C)nn32)ccc1O. The van der Waals surface area contributed by atoms with Gasteiger partial charge in [-0.05, 0) is 50.6 Å². The first kappa shape index (κ1) is 15.6. The van der Waals surface area contributed by atoms with Crippen molar-refractivity contribution in [1.29, 1.82) is 0 Å². The van der Waals surface area contributed by atoms with Crippen LogP contribution in [0, 0.1) is 20.8 Å². The van der Waals surface area contributed by atoms with Crippen molar-refractivity contribution in [2.45, 2.75) is 26.9 Å². The maximum Gasteiger partial charge on any atom is 0.160 e. The number of hydrogen-bond donors (Lipinski definition) is 2. The number of nitrogens with one attached hydrogen (secondary N) is 1. The lowest BCUT2D eigenvalue weighted by Gasteiger charge is -2.31. The first-order valence-electron chi connectivity index (χ1n) is 8.29. The van der Waals surface area contributed by atoms with E-state index in [4.69, 9.17) is 9.84 Å². The quantitative estimate of drug-likeness (QED) is 0.738. The molecule has 4 rings (SSSR count). The number of aryl methyl sites for hydroxylation is 3. The molecule has 0 aliphatic carbocycles. The van der Waals surface area contributed by atoms with Crippen molar-refractivity contribution in [2.75, 3.05) is 12.4 Å². The van der Waals surface area contributed by atoms with Gasteiger partial charge in [-0.1, -0.05) is 17.7 Å². The third kappa shape index (κ3) is 2.43. The Kier molecular flexibility index (Phi) is 3.46. The lowest BCUT2D eigenvalue weighted by atomic mass is 9.98. The van der Waals surface area contributed by atoms with Crippen molar-refractivity contribution in [1.82, 2.24) is 9.78 Å². The van der Waals surface area contributed by atoms with Crippen LogP contribution >= 0.6 is 0 Å². The topological polar surface area (TPSA) is 59.3 Å². The summed E-state index contributed by atoms with van der Waals surface area (Å²) in [6.45, 7) is 6.23. The summed E-state index contributed by atoms with van der Waals surface area (Å²) in [5.41, 5.74) is 7.76. The number of rotatable bonds is 2. The van der Waals surface area contributed by atoms with Crippen LogP contribution in [0.5, 0.6) is 11.5 Å². The molecule has 25 heavy (non-hydrogen) atoms. The molecule has 0 amide bonds. The highest BCUT2D eigenvalue weighted by molar-refractivity contribution is 5.82. The molecule has 2 heterocycles. The summed E-state index contributed by atoms with van der Waals surface area (Å²) < 4.78 is 7.27. The fourth-order valence-electron chi connectivity index (χ4n) is 3.56. The van der Waals surface area contributed by atoms with Gasteiger partial charge in [0.2, 0.25) is 0 Å². The molecule has 2 N–H and O–H groups in total. The maximum atomic E-state index is 9.90. The maximum absolute atomic E-state index is 9.90. The molecule has 5 heteroatoms. The Morgan fingerprint density at radius 3 is 2.68 bits per heavy atom. The standard InChI is InChI=1S/C20H21N3O2/c1-11-7-12(2)19-15(8-11)16-9-13(3)22-23(16)20(21-19)14-5-6-17(24)18(10-14)25-4/h5-10,20-21,24H,1-4H3. The molecule has 0 fully saturated rings. The van der Waals surface area contributed by atoms with Gasteiger partial charge in [0, 0.05) is 16.8 Å². The summed E-state index contributed by atoms with van der Waals surface area (Å²) in [5.74, 6) is 0.585. The minimum Gasteiger partial charge on any atom is -0.504 e. The van der Waals surface area contributed by atoms with Crippen LogP contribution in [-0.4, -0.2) is 22.0 Å². The van der Waals surface area contributed by atoms with Crippen molar-refractivity contribution < 1.29 is 9.84 Å². The number of phenols is 1. The van der Waals surface area contributed by atoms with Gasteiger partial charge in [-0.25, -0.2) is 4.68 Å². The van der Waals surface area contributed by atoms with Gasteiger partial charge in [0.1, 0.15) is 6.17 Å². The van der Waals surface area contributed by atoms with Gasteiger partial charge in [0.15, 0.2) is 11.5 Å². The molecule has 1 aliphatic heterocycles. The first-order valence-corrected chi connectivity index (χ1v) is 8.29. The molecule has 3 aromatic rings. The van der Waals surface area contributed by atoms with Gasteiger partial charge < -0.3 is 15.2 Å². The molecule has 1 aromatic heterocycles. The van der Waals surface area contributed by atoms with E-state index in [9.17, 15) is 5.11 Å². The van der Waals surface area contributed by atoms with E-state index in [0.29, 0.717) is 5.75 Å². The van der Waals surface area contributed by atoms with E-state index in [2.05, 4.69) is 37.4 Å². The van der Waals surface area contributed by atoms with Gasteiger partial charge in [-0.2, -0.15) is 5.10 Å². The smallest absolute Gasteiger partial charge is 0.160 e. The Balaban J connectivity index is 1.91. The molecule has 1 atom stereocenters. The van der Waals surface area contributed by atoms with Gasteiger partial charge >= 0.3 is 0 Å². The highest BCUT2D eigenvalue weighted by Crippen LogP contribution is 2.42. The average Bonchev–Trinajstić information content (AvgIpc) is 2.97. The number of ether oxygens (including phenoxy) is 1. The zero-order valence-electron chi connectivity index (χ0n) is 14.8. The lowest BCUT2D eigenvalue weighted by molar-refractivity contribution is 0.372. The van der Waals surface area contributed by atoms with E-state index >= 15 is 0 Å². The van der Waals surface area contributed by atoms with Crippen LogP contribution in [0.1, 0.15) is 28.6 Å². The number of nitrogens with zero attached hydrogens (tertiary/aromatic N) is 2. The first-order chi connectivity index (χ1) is 12.0. The largest absolute Gasteiger partial charge is 0.504 e. The van der Waals surface area contributed by atoms with E-state index in [-0.39, 0.29) is 11.9 Å². The molecule has 0 saturated heterocycles. The number of methoxy groups -OCH3 is 1. The summed E-state index contributed by atoms with van der Waals surface area (Å²) in [5, 5.41) is 18.2. The van der Waals surface area contributed by atoms with Crippen LogP contribution in [0.4, 0.5) is 5.69 Å². The zero-order valence-corrected chi connectivity index (χ0v) is 14.8. The minimum absolute atomic E-state index is 0.131. The molecule has 0 bridgehead atoms. The van der Waals surface area contributed by atoms with E-state index in [1.54, 1.807) is 13.2 Å². The normalized spacial score (nSPS) is 15.3. The predicted molar refractivity (Wildman–Crippen MR) is 98.3 cm³/mol. The van der Waals surface area contributed by atoms with E-state index in [0.717, 1.165) is 22.6 Å². The monoisotopic (exact) mass is 335 g/mol. The van der Waals surface area contributed by atoms with Crippen molar-refractivity contribution in [3.8, 4) is 22.8 Å². The Morgan fingerprint density at radius 1 is 1.12 bits per heavy atom. The van der Waals surface area contributed by atoms with Crippen molar-refractivity contribution in [3.63, 3.8) is 0 Å². The summed E-state index contributed by atoms with van der Waals surface area (Å²) in [7, 11) is 1.55. The number of benzene rings is 2. The van der Waals surface area contributed by atoms with Crippen molar-refractivity contribution in [2.24, 2.45) is 0 Å². The molecule has 128 valence electrons. The zero-order chi connectivity index (χ0) is 17.7. The second-order valence-corrected chi connectivity index (χ2v) is 6.60. The predicted octanol–water partition coefficient (Wildman–Crippen LogP) is 4.16. The lowest BCUT2D eigenvalue weighted by Crippen LogP contribution is -2.26. The van der Waals surface area contributed by atoms with Crippen molar-refractivity contribution >= 4 is 5.69 Å². The molecular formula is C20H21N3O2. The Bertz CT molecular complexity index is 975. The Morgan fingerprint density at radius 2 is 1.92 bits per heavy atom.